The van der Waals surface area contributed by atoms with E-state index < -0.39 is 12.0 Å². The lowest BCUT2D eigenvalue weighted by Crippen LogP contribution is -2.23. The first-order valence-electron chi connectivity index (χ1n) is 8.73. The third-order valence-electron chi connectivity index (χ3n) is 4.58. The molecule has 0 radical (unpaired) electrons. The summed E-state index contributed by atoms with van der Waals surface area (Å²) >= 11 is 0. The number of fused-ring (bicyclic) bond motifs is 3. The van der Waals surface area contributed by atoms with Gasteiger partial charge < -0.3 is 14.9 Å². The number of carbonyl (C=O) groups excluding carboxylic acids is 1. The predicted molar refractivity (Wildman–Crippen MR) is 103 cm³/mol. The van der Waals surface area contributed by atoms with Crippen molar-refractivity contribution in [1.82, 2.24) is 29.4 Å². The summed E-state index contributed by atoms with van der Waals surface area (Å²) in [5.74, 6) is 0.511. The number of esters is 1. The number of hydrogen-bond donors (Lipinski definition) is 1. The maximum absolute atomic E-state index is 12.6. The fourth-order valence-electron chi connectivity index (χ4n) is 3.25. The number of methoxy groups -OCH3 is 1. The van der Waals surface area contributed by atoms with Crippen molar-refractivity contribution in [1.29, 1.82) is 0 Å². The number of carbonyl (C=O) groups is 1. The topological polar surface area (TPSA) is 126 Å². The summed E-state index contributed by atoms with van der Waals surface area (Å²) in [4.78, 5) is 21.5. The molecule has 0 amide bonds. The van der Waals surface area contributed by atoms with Gasteiger partial charge >= 0.3 is 5.97 Å². The number of ether oxygens (including phenoxy) is 1. The van der Waals surface area contributed by atoms with Crippen molar-refractivity contribution >= 4 is 28.6 Å². The second-order valence-corrected chi connectivity index (χ2v) is 6.28. The molecule has 4 aromatic heterocycles. The highest BCUT2D eigenvalue weighted by atomic mass is 16.5. The molecular weight excluding hydrogens is 374 g/mol. The van der Waals surface area contributed by atoms with E-state index in [4.69, 9.17) is 14.9 Å². The summed E-state index contributed by atoms with van der Waals surface area (Å²) in [5.41, 5.74) is 7.69. The van der Waals surface area contributed by atoms with Crippen LogP contribution in [0.2, 0.25) is 0 Å². The molecule has 0 bridgehead atoms. The first-order valence-corrected chi connectivity index (χ1v) is 8.73. The summed E-state index contributed by atoms with van der Waals surface area (Å²) in [6, 6.07) is 11.9. The molecule has 5 rings (SSSR count). The molecule has 144 valence electrons. The number of rotatable bonds is 4. The second-order valence-electron chi connectivity index (χ2n) is 6.28. The van der Waals surface area contributed by atoms with Gasteiger partial charge in [0, 0.05) is 0 Å². The summed E-state index contributed by atoms with van der Waals surface area (Å²) in [6.07, 6.45) is 3.12. The predicted octanol–water partition coefficient (Wildman–Crippen LogP) is 2.08. The van der Waals surface area contributed by atoms with Gasteiger partial charge in [-0.15, -0.1) is 5.10 Å². The molecule has 0 spiro atoms. The average Bonchev–Trinajstić information content (AvgIpc) is 3.48. The van der Waals surface area contributed by atoms with Gasteiger partial charge in [-0.2, -0.15) is 14.6 Å². The SMILES string of the molecule is COC(=O)C(c1ccccc1)n1ncc2c1nc(N)n1nc(-c3ccco3)nc21. The van der Waals surface area contributed by atoms with Crippen molar-refractivity contribution in [2.45, 2.75) is 6.04 Å². The molecule has 2 N–H and O–H groups in total. The van der Waals surface area contributed by atoms with Gasteiger partial charge in [0.2, 0.25) is 11.8 Å². The molecule has 0 fully saturated rings. The van der Waals surface area contributed by atoms with Crippen LogP contribution in [0.3, 0.4) is 0 Å². The van der Waals surface area contributed by atoms with Crippen molar-refractivity contribution < 1.29 is 13.9 Å². The van der Waals surface area contributed by atoms with E-state index in [2.05, 4.69) is 20.2 Å². The Morgan fingerprint density at radius 2 is 1.97 bits per heavy atom. The van der Waals surface area contributed by atoms with Gasteiger partial charge in [-0.1, -0.05) is 30.3 Å². The maximum Gasteiger partial charge on any atom is 0.335 e. The third-order valence-corrected chi connectivity index (χ3v) is 4.58. The fourth-order valence-corrected chi connectivity index (χ4v) is 3.25. The van der Waals surface area contributed by atoms with Crippen molar-refractivity contribution in [3.63, 3.8) is 0 Å². The molecule has 1 atom stereocenters. The van der Waals surface area contributed by atoms with E-state index in [0.717, 1.165) is 0 Å². The Kier molecular flexibility index (Phi) is 3.76. The zero-order valence-electron chi connectivity index (χ0n) is 15.3. The van der Waals surface area contributed by atoms with Gasteiger partial charge in [0.05, 0.1) is 25.0 Å². The monoisotopic (exact) mass is 389 g/mol. The van der Waals surface area contributed by atoms with Crippen molar-refractivity contribution in [3.8, 4) is 11.6 Å². The zero-order valence-corrected chi connectivity index (χ0v) is 15.3. The highest BCUT2D eigenvalue weighted by molar-refractivity contribution is 5.92. The van der Waals surface area contributed by atoms with E-state index in [0.29, 0.717) is 33.8 Å². The number of hydrogen-bond acceptors (Lipinski definition) is 8. The third kappa shape index (κ3) is 2.61. The Hall–Kier alpha value is -4.21. The molecule has 4 heterocycles. The number of benzene rings is 1. The summed E-state index contributed by atoms with van der Waals surface area (Å²) in [5, 5.41) is 9.35. The lowest BCUT2D eigenvalue weighted by Gasteiger charge is -2.16. The van der Waals surface area contributed by atoms with E-state index in [9.17, 15) is 4.79 Å². The smallest absolute Gasteiger partial charge is 0.335 e. The van der Waals surface area contributed by atoms with Crippen LogP contribution in [0.5, 0.6) is 0 Å². The second kappa shape index (κ2) is 6.44. The van der Waals surface area contributed by atoms with Crippen LogP contribution in [0.25, 0.3) is 28.3 Å². The van der Waals surface area contributed by atoms with Gasteiger partial charge in [0.1, 0.15) is 0 Å². The molecule has 10 nitrogen and oxygen atoms in total. The molecular formula is C19H15N7O3. The van der Waals surface area contributed by atoms with Crippen molar-refractivity contribution in [3.05, 3.63) is 60.5 Å². The number of nitrogens with two attached hydrogens (primary N) is 1. The minimum Gasteiger partial charge on any atom is -0.467 e. The normalized spacial score (nSPS) is 12.4. The van der Waals surface area contributed by atoms with Gasteiger partial charge in [0.15, 0.2) is 23.1 Å². The largest absolute Gasteiger partial charge is 0.467 e. The maximum atomic E-state index is 12.6. The Morgan fingerprint density at radius 1 is 1.14 bits per heavy atom. The van der Waals surface area contributed by atoms with Crippen molar-refractivity contribution in [2.75, 3.05) is 12.8 Å². The Bertz CT molecular complexity index is 1320. The molecule has 29 heavy (non-hydrogen) atoms. The van der Waals surface area contributed by atoms with E-state index in [1.807, 2.05) is 30.3 Å². The van der Waals surface area contributed by atoms with Gasteiger partial charge in [-0.05, 0) is 17.7 Å². The first kappa shape index (κ1) is 16.9. The van der Waals surface area contributed by atoms with Gasteiger partial charge in [-0.3, -0.25) is 0 Å². The first-order chi connectivity index (χ1) is 14.2. The molecule has 0 saturated carbocycles. The van der Waals surface area contributed by atoms with Crippen LogP contribution in [-0.2, 0) is 9.53 Å². The number of nitrogen functional groups attached to an aromatic ring is 1. The summed E-state index contributed by atoms with van der Waals surface area (Å²) < 4.78 is 13.3. The number of furan rings is 1. The van der Waals surface area contributed by atoms with Crippen LogP contribution in [0, 0.1) is 0 Å². The molecule has 10 heteroatoms. The van der Waals surface area contributed by atoms with Gasteiger partial charge in [0.25, 0.3) is 0 Å². The van der Waals surface area contributed by atoms with E-state index >= 15 is 0 Å². The van der Waals surface area contributed by atoms with Crippen molar-refractivity contribution in [2.24, 2.45) is 0 Å². The zero-order chi connectivity index (χ0) is 20.0. The molecule has 1 unspecified atom stereocenters. The Labute approximate surface area is 163 Å². The van der Waals surface area contributed by atoms with Crippen LogP contribution in [0.15, 0.2) is 59.3 Å². The Morgan fingerprint density at radius 3 is 2.69 bits per heavy atom. The number of anilines is 1. The molecule has 1 aromatic carbocycles. The molecule has 0 aliphatic carbocycles. The molecule has 5 aromatic rings. The standard InChI is InChI=1S/C19H15N7O3/c1-28-18(27)14(11-6-3-2-4-7-11)25-17-12(10-21-25)16-22-15(13-8-5-9-29-13)24-26(16)19(20)23-17/h2-10,14H,1H3,(H2,20,23). The minimum absolute atomic E-state index is 0.108. The number of nitrogens with zero attached hydrogens (tertiary/aromatic N) is 6. The van der Waals surface area contributed by atoms with Crippen LogP contribution >= 0.6 is 0 Å². The fraction of sp³-hybridized carbons (Fsp3) is 0.105. The lowest BCUT2D eigenvalue weighted by molar-refractivity contribution is -0.143. The lowest BCUT2D eigenvalue weighted by atomic mass is 10.1. The summed E-state index contributed by atoms with van der Waals surface area (Å²) in [6.45, 7) is 0. The molecule has 0 aliphatic rings. The highest BCUT2D eigenvalue weighted by Gasteiger charge is 2.28. The van der Waals surface area contributed by atoms with Gasteiger partial charge in [-0.25, -0.2) is 14.5 Å². The quantitative estimate of drug-likeness (QED) is 0.463. The number of aromatic nitrogens is 6. The van der Waals surface area contributed by atoms with Crippen LogP contribution in [0.4, 0.5) is 5.95 Å². The molecule has 0 saturated heterocycles. The van der Waals surface area contributed by atoms with E-state index in [1.54, 1.807) is 18.3 Å². The molecule has 0 aliphatic heterocycles. The Balaban J connectivity index is 1.74. The minimum atomic E-state index is -0.819. The summed E-state index contributed by atoms with van der Waals surface area (Å²) in [7, 11) is 1.33. The van der Waals surface area contributed by atoms with Crippen LogP contribution < -0.4 is 5.73 Å². The van der Waals surface area contributed by atoms with E-state index in [1.165, 1.54) is 22.6 Å². The van der Waals surface area contributed by atoms with E-state index in [-0.39, 0.29) is 5.95 Å². The van der Waals surface area contributed by atoms with Crippen LogP contribution in [-0.4, -0.2) is 42.4 Å². The highest BCUT2D eigenvalue weighted by Crippen LogP contribution is 2.27. The van der Waals surface area contributed by atoms with Crippen LogP contribution in [0.1, 0.15) is 11.6 Å². The average molecular weight is 389 g/mol.